The van der Waals surface area contributed by atoms with E-state index in [1.165, 1.54) is 17.7 Å². The lowest BCUT2D eigenvalue weighted by molar-refractivity contribution is 0.249. The summed E-state index contributed by atoms with van der Waals surface area (Å²) in [7, 11) is 0. The first kappa shape index (κ1) is 22.8. The van der Waals surface area contributed by atoms with E-state index in [1.807, 2.05) is 29.1 Å². The predicted molar refractivity (Wildman–Crippen MR) is 128 cm³/mol. The summed E-state index contributed by atoms with van der Waals surface area (Å²) in [4.78, 5) is 18.2. The summed E-state index contributed by atoms with van der Waals surface area (Å²) in [5.41, 5.74) is 3.97. The minimum absolute atomic E-state index is 0. The van der Waals surface area contributed by atoms with Gasteiger partial charge in [-0.25, -0.2) is 19.0 Å². The Morgan fingerprint density at radius 1 is 0.879 bits per heavy atom. The summed E-state index contributed by atoms with van der Waals surface area (Å²) in [5, 5.41) is 4.54. The van der Waals surface area contributed by atoms with Crippen molar-refractivity contribution in [3.05, 3.63) is 84.3 Å². The highest BCUT2D eigenvalue weighted by molar-refractivity contribution is 5.85. The van der Waals surface area contributed by atoms with Crippen molar-refractivity contribution in [1.82, 2.24) is 29.6 Å². The first-order valence-electron chi connectivity index (χ1n) is 10.7. The summed E-state index contributed by atoms with van der Waals surface area (Å²) < 4.78 is 15.2. The van der Waals surface area contributed by atoms with Crippen LogP contribution >= 0.6 is 12.4 Å². The van der Waals surface area contributed by atoms with E-state index >= 15 is 0 Å². The maximum absolute atomic E-state index is 13.3. The molecule has 0 atom stereocenters. The van der Waals surface area contributed by atoms with Crippen LogP contribution in [0.4, 0.5) is 10.2 Å². The molecule has 0 bridgehead atoms. The Balaban J connectivity index is 0.00000259. The second-order valence-corrected chi connectivity index (χ2v) is 7.85. The molecule has 1 saturated heterocycles. The molecule has 5 rings (SSSR count). The maximum atomic E-state index is 13.3. The fourth-order valence-corrected chi connectivity index (χ4v) is 4.04. The van der Waals surface area contributed by atoms with Crippen molar-refractivity contribution < 1.29 is 4.39 Å². The lowest BCUT2D eigenvalue weighted by atomic mass is 10.1. The molecule has 33 heavy (non-hydrogen) atoms. The van der Waals surface area contributed by atoms with Gasteiger partial charge in [0, 0.05) is 68.1 Å². The fourth-order valence-electron chi connectivity index (χ4n) is 4.04. The molecule has 1 aromatic carbocycles. The van der Waals surface area contributed by atoms with Gasteiger partial charge in [0.05, 0.1) is 6.20 Å². The van der Waals surface area contributed by atoms with Crippen LogP contribution in [-0.4, -0.2) is 55.8 Å². The number of nitrogens with zero attached hydrogens (tertiary/aromatic N) is 7. The molecule has 170 valence electrons. The average Bonchev–Trinajstić information content (AvgIpc) is 3.20. The Bertz CT molecular complexity index is 1190. The van der Waals surface area contributed by atoms with E-state index in [9.17, 15) is 4.39 Å². The van der Waals surface area contributed by atoms with Crippen molar-refractivity contribution in [3.8, 4) is 17.1 Å². The van der Waals surface area contributed by atoms with Crippen molar-refractivity contribution in [2.24, 2.45) is 0 Å². The summed E-state index contributed by atoms with van der Waals surface area (Å²) >= 11 is 0. The van der Waals surface area contributed by atoms with Gasteiger partial charge < -0.3 is 4.90 Å². The van der Waals surface area contributed by atoms with Crippen molar-refractivity contribution in [1.29, 1.82) is 0 Å². The van der Waals surface area contributed by atoms with Gasteiger partial charge in [0.1, 0.15) is 11.5 Å². The van der Waals surface area contributed by atoms with Crippen LogP contribution in [0.25, 0.3) is 17.1 Å². The van der Waals surface area contributed by atoms with Crippen molar-refractivity contribution >= 4 is 18.2 Å². The quantitative estimate of drug-likeness (QED) is 0.445. The summed E-state index contributed by atoms with van der Waals surface area (Å²) in [6.07, 6.45) is 7.11. The van der Waals surface area contributed by atoms with Crippen molar-refractivity contribution in [2.75, 3.05) is 31.1 Å². The standard InChI is InChI=1S/C24H24FN7.ClH/c1-18-20(16-29-32(18)22-4-2-3-9-26-22)17-30-12-14-31(15-13-30)24-23(27-10-11-28-24)19-5-7-21(25)8-6-19;/h2-11,16H,12-15,17H2,1H3;1H. The smallest absolute Gasteiger partial charge is 0.155 e. The van der Waals surface area contributed by atoms with E-state index in [-0.39, 0.29) is 18.2 Å². The zero-order valence-corrected chi connectivity index (χ0v) is 19.1. The molecule has 9 heteroatoms. The van der Waals surface area contributed by atoms with E-state index in [0.29, 0.717) is 0 Å². The van der Waals surface area contributed by atoms with Crippen LogP contribution in [0, 0.1) is 12.7 Å². The third-order valence-electron chi connectivity index (χ3n) is 5.84. The molecule has 0 unspecified atom stereocenters. The third-order valence-corrected chi connectivity index (χ3v) is 5.84. The molecule has 1 aliphatic rings. The zero-order chi connectivity index (χ0) is 21.9. The van der Waals surface area contributed by atoms with Gasteiger partial charge in [0.15, 0.2) is 11.6 Å². The van der Waals surface area contributed by atoms with Crippen LogP contribution in [0.3, 0.4) is 0 Å². The second-order valence-electron chi connectivity index (χ2n) is 7.85. The molecule has 7 nitrogen and oxygen atoms in total. The number of halogens is 2. The van der Waals surface area contributed by atoms with Gasteiger partial charge in [-0.3, -0.25) is 9.88 Å². The van der Waals surface area contributed by atoms with Crippen LogP contribution in [-0.2, 0) is 6.54 Å². The zero-order valence-electron chi connectivity index (χ0n) is 18.3. The summed E-state index contributed by atoms with van der Waals surface area (Å²) in [6, 6.07) is 12.2. The number of hydrogen-bond donors (Lipinski definition) is 0. The van der Waals surface area contributed by atoms with Crippen LogP contribution in [0.1, 0.15) is 11.3 Å². The highest BCUT2D eigenvalue weighted by Crippen LogP contribution is 2.27. The molecule has 0 amide bonds. The number of rotatable bonds is 5. The molecule has 4 heterocycles. The van der Waals surface area contributed by atoms with Crippen LogP contribution in [0.5, 0.6) is 0 Å². The van der Waals surface area contributed by atoms with Crippen LogP contribution < -0.4 is 4.90 Å². The first-order chi connectivity index (χ1) is 15.7. The summed E-state index contributed by atoms with van der Waals surface area (Å²) in [6.45, 7) is 6.45. The molecule has 1 aliphatic heterocycles. The highest BCUT2D eigenvalue weighted by atomic mass is 35.5. The number of aromatic nitrogens is 5. The maximum Gasteiger partial charge on any atom is 0.155 e. The van der Waals surface area contributed by atoms with Crippen molar-refractivity contribution in [2.45, 2.75) is 13.5 Å². The van der Waals surface area contributed by atoms with Crippen molar-refractivity contribution in [3.63, 3.8) is 0 Å². The van der Waals surface area contributed by atoms with Gasteiger partial charge in [0.2, 0.25) is 0 Å². The molecule has 0 spiro atoms. The Morgan fingerprint density at radius 2 is 1.64 bits per heavy atom. The Morgan fingerprint density at radius 3 is 2.36 bits per heavy atom. The Hall–Kier alpha value is -3.36. The number of anilines is 1. The number of pyridine rings is 1. The van der Waals surface area contributed by atoms with E-state index in [2.05, 4.69) is 36.8 Å². The normalized spacial score (nSPS) is 14.2. The second kappa shape index (κ2) is 10.1. The van der Waals surface area contributed by atoms with Gasteiger partial charge >= 0.3 is 0 Å². The lowest BCUT2D eigenvalue weighted by Gasteiger charge is -2.35. The van der Waals surface area contributed by atoms with E-state index in [1.54, 1.807) is 30.7 Å². The molecular formula is C24H25ClFN7. The predicted octanol–water partition coefficient (Wildman–Crippen LogP) is 3.92. The molecular weight excluding hydrogens is 441 g/mol. The van der Waals surface area contributed by atoms with Crippen LogP contribution in [0.15, 0.2) is 67.3 Å². The number of piperazine rings is 1. The SMILES string of the molecule is Cc1c(CN2CCN(c3nccnc3-c3ccc(F)cc3)CC2)cnn1-c1ccccn1.Cl. The minimum Gasteiger partial charge on any atom is -0.352 e. The lowest BCUT2D eigenvalue weighted by Crippen LogP contribution is -2.46. The van der Waals surface area contributed by atoms with E-state index in [0.717, 1.165) is 61.3 Å². The topological polar surface area (TPSA) is 63.0 Å². The average molecular weight is 466 g/mol. The third kappa shape index (κ3) is 4.86. The minimum atomic E-state index is -0.255. The molecule has 0 saturated carbocycles. The summed E-state index contributed by atoms with van der Waals surface area (Å²) in [5.74, 6) is 1.42. The first-order valence-corrected chi connectivity index (χ1v) is 10.7. The van der Waals surface area contributed by atoms with Crippen LogP contribution in [0.2, 0.25) is 0 Å². The highest BCUT2D eigenvalue weighted by Gasteiger charge is 2.22. The molecule has 0 N–H and O–H groups in total. The van der Waals surface area contributed by atoms with E-state index < -0.39 is 0 Å². The van der Waals surface area contributed by atoms with Gasteiger partial charge in [-0.05, 0) is 43.3 Å². The van der Waals surface area contributed by atoms with Gasteiger partial charge in [-0.2, -0.15) is 5.10 Å². The fraction of sp³-hybridized carbons (Fsp3) is 0.250. The molecule has 1 fully saturated rings. The monoisotopic (exact) mass is 465 g/mol. The molecule has 3 aromatic heterocycles. The molecule has 0 aliphatic carbocycles. The molecule has 4 aromatic rings. The van der Waals surface area contributed by atoms with E-state index in [4.69, 9.17) is 0 Å². The molecule has 0 radical (unpaired) electrons. The van der Waals surface area contributed by atoms with Gasteiger partial charge in [-0.15, -0.1) is 12.4 Å². The Labute approximate surface area is 198 Å². The van der Waals surface area contributed by atoms with Gasteiger partial charge in [0.25, 0.3) is 0 Å². The van der Waals surface area contributed by atoms with Gasteiger partial charge in [-0.1, -0.05) is 6.07 Å². The number of benzene rings is 1. The largest absolute Gasteiger partial charge is 0.352 e. The Kier molecular flexibility index (Phi) is 6.96. The number of hydrogen-bond acceptors (Lipinski definition) is 6.